The van der Waals surface area contributed by atoms with Gasteiger partial charge in [0.15, 0.2) is 4.84 Å². The zero-order valence-corrected chi connectivity index (χ0v) is 6.47. The zero-order valence-electron chi connectivity index (χ0n) is 3.44. The molecule has 0 aromatic rings. The molecule has 6 heteroatoms. The molecular formula is C2H2Cl4O2. The molecule has 0 saturated heterocycles. The molecule has 8 heavy (non-hydrogen) atoms. The highest BCUT2D eigenvalue weighted by atomic mass is 35.5. The Bertz CT molecular complexity index is 72.4. The van der Waals surface area contributed by atoms with Crippen molar-refractivity contribution in [3.8, 4) is 0 Å². The molecule has 0 aliphatic carbocycles. The molecule has 2 nitrogen and oxygen atoms in total. The Kier molecular flexibility index (Phi) is 3.74. The van der Waals surface area contributed by atoms with Gasteiger partial charge in [-0.05, 0) is 0 Å². The number of hydrogen-bond acceptors (Lipinski definition) is 2. The van der Waals surface area contributed by atoms with Crippen molar-refractivity contribution in [1.29, 1.82) is 0 Å². The molecule has 1 N–H and O–H groups in total. The number of rotatable bonds is 2. The molecule has 0 heterocycles. The number of alkyl halides is 4. The Morgan fingerprint density at radius 2 is 1.75 bits per heavy atom. The number of hydrogen-bond donors (Lipinski definition) is 1. The second-order valence-electron chi connectivity index (χ2n) is 0.954. The maximum absolute atomic E-state index is 7.83. The zero-order chi connectivity index (χ0) is 6.78. The van der Waals surface area contributed by atoms with Gasteiger partial charge in [0.25, 0.3) is 4.52 Å². The van der Waals surface area contributed by atoms with Crippen LogP contribution in [0.2, 0.25) is 0 Å². The first-order chi connectivity index (χ1) is 3.50. The van der Waals surface area contributed by atoms with Crippen molar-refractivity contribution in [2.45, 2.75) is 9.36 Å². The van der Waals surface area contributed by atoms with Gasteiger partial charge in [0, 0.05) is 0 Å². The lowest BCUT2D eigenvalue weighted by atomic mass is 10.8. The van der Waals surface area contributed by atoms with Crippen LogP contribution in [0.15, 0.2) is 0 Å². The van der Waals surface area contributed by atoms with Crippen LogP contribution < -0.4 is 0 Å². The molecule has 0 aliphatic heterocycles. The summed E-state index contributed by atoms with van der Waals surface area (Å²) in [5.74, 6) is 0. The average molecular weight is 200 g/mol. The summed E-state index contributed by atoms with van der Waals surface area (Å²) in [5, 5.41) is 7.83. The summed E-state index contributed by atoms with van der Waals surface area (Å²) in [4.78, 5) is 2.28. The Hall–Kier alpha value is 1.08. The van der Waals surface area contributed by atoms with E-state index in [4.69, 9.17) is 51.7 Å². The molecular weight excluding hydrogens is 198 g/mol. The van der Waals surface area contributed by atoms with Gasteiger partial charge < -0.3 is 0 Å². The summed E-state index contributed by atoms with van der Waals surface area (Å²) < 4.78 is -1.93. The molecule has 50 valence electrons. The minimum Gasteiger partial charge on any atom is -0.249 e. The van der Waals surface area contributed by atoms with Gasteiger partial charge in [0.2, 0.25) is 0 Å². The molecule has 0 saturated carbocycles. The van der Waals surface area contributed by atoms with Crippen LogP contribution in [0, 0.1) is 0 Å². The first kappa shape index (κ1) is 9.08. The van der Waals surface area contributed by atoms with Crippen LogP contribution in [0.1, 0.15) is 0 Å². The summed E-state index contributed by atoms with van der Waals surface area (Å²) in [6.45, 7) is 0. The topological polar surface area (TPSA) is 29.5 Å². The van der Waals surface area contributed by atoms with Crippen molar-refractivity contribution in [1.82, 2.24) is 0 Å². The molecule has 0 aromatic carbocycles. The lowest BCUT2D eigenvalue weighted by Gasteiger charge is -2.14. The Balaban J connectivity index is 3.71. The molecule has 0 spiro atoms. The molecule has 0 bridgehead atoms. The van der Waals surface area contributed by atoms with E-state index in [-0.39, 0.29) is 0 Å². The van der Waals surface area contributed by atoms with E-state index in [0.717, 1.165) is 0 Å². The summed E-state index contributed by atoms with van der Waals surface area (Å²) in [7, 11) is 0. The second kappa shape index (κ2) is 3.30. The van der Waals surface area contributed by atoms with Crippen molar-refractivity contribution in [2.24, 2.45) is 0 Å². The van der Waals surface area contributed by atoms with Crippen LogP contribution in [-0.4, -0.2) is 14.6 Å². The largest absolute Gasteiger partial charge is 0.279 e. The van der Waals surface area contributed by atoms with Crippen LogP contribution in [0.25, 0.3) is 0 Å². The first-order valence-corrected chi connectivity index (χ1v) is 3.12. The highest BCUT2D eigenvalue weighted by Gasteiger charge is 2.33. The van der Waals surface area contributed by atoms with Gasteiger partial charge in [-0.2, -0.15) is 4.89 Å². The molecule has 0 aromatic heterocycles. The molecule has 0 fully saturated rings. The second-order valence-corrected chi connectivity index (χ2v) is 3.37. The van der Waals surface area contributed by atoms with E-state index in [9.17, 15) is 0 Å². The lowest BCUT2D eigenvalue weighted by Crippen LogP contribution is -2.23. The fourth-order valence-electron chi connectivity index (χ4n) is 0.0398. The third-order valence-electron chi connectivity index (χ3n) is 0.376. The third kappa shape index (κ3) is 2.58. The summed E-state index contributed by atoms with van der Waals surface area (Å²) in [5.41, 5.74) is 0. The third-order valence-corrected chi connectivity index (χ3v) is 2.01. The van der Waals surface area contributed by atoms with Crippen LogP contribution in [0.5, 0.6) is 0 Å². The van der Waals surface area contributed by atoms with E-state index in [2.05, 4.69) is 4.89 Å². The first-order valence-electron chi connectivity index (χ1n) is 1.49. The van der Waals surface area contributed by atoms with Crippen molar-refractivity contribution in [3.05, 3.63) is 0 Å². The summed E-state index contributed by atoms with van der Waals surface area (Å²) in [6, 6.07) is 0. The fourth-order valence-corrected chi connectivity index (χ4v) is 0.120. The smallest absolute Gasteiger partial charge is 0.249 e. The van der Waals surface area contributed by atoms with Gasteiger partial charge in [-0.15, -0.1) is 0 Å². The Morgan fingerprint density at radius 3 is 1.75 bits per heavy atom. The van der Waals surface area contributed by atoms with Gasteiger partial charge in [-0.25, -0.2) is 5.26 Å². The molecule has 0 atom stereocenters. The molecule has 0 aliphatic rings. The van der Waals surface area contributed by atoms with Crippen LogP contribution in [-0.2, 0) is 4.89 Å². The van der Waals surface area contributed by atoms with Crippen molar-refractivity contribution in [2.75, 3.05) is 0 Å². The van der Waals surface area contributed by atoms with Crippen LogP contribution in [0.4, 0.5) is 0 Å². The van der Waals surface area contributed by atoms with Gasteiger partial charge in [-0.1, -0.05) is 46.4 Å². The molecule has 0 unspecified atom stereocenters. The van der Waals surface area contributed by atoms with Crippen molar-refractivity contribution >= 4 is 46.4 Å². The fraction of sp³-hybridized carbons (Fsp3) is 1.00. The van der Waals surface area contributed by atoms with Crippen molar-refractivity contribution in [3.63, 3.8) is 0 Å². The monoisotopic (exact) mass is 198 g/mol. The van der Waals surface area contributed by atoms with E-state index in [1.807, 2.05) is 0 Å². The van der Waals surface area contributed by atoms with E-state index in [1.54, 1.807) is 0 Å². The molecule has 0 amide bonds. The van der Waals surface area contributed by atoms with Crippen molar-refractivity contribution < 1.29 is 10.1 Å². The predicted molar refractivity (Wildman–Crippen MR) is 33.6 cm³/mol. The SMILES string of the molecule is OOC(Cl)(Cl)C(Cl)Cl. The maximum Gasteiger partial charge on any atom is 0.279 e. The maximum atomic E-state index is 7.83. The van der Waals surface area contributed by atoms with Gasteiger partial charge in [0.1, 0.15) is 0 Å². The minimum atomic E-state index is -1.93. The summed E-state index contributed by atoms with van der Waals surface area (Å²) in [6.07, 6.45) is 0. The highest BCUT2D eigenvalue weighted by molar-refractivity contribution is 6.58. The average Bonchev–Trinajstić information content (AvgIpc) is 1.67. The van der Waals surface area contributed by atoms with E-state index in [1.165, 1.54) is 0 Å². The normalized spacial score (nSPS) is 12.8. The standard InChI is InChI=1S/C2H2Cl4O2/c3-1(4)2(5,6)8-7/h1,7H. The Morgan fingerprint density at radius 1 is 1.38 bits per heavy atom. The van der Waals surface area contributed by atoms with Crippen LogP contribution >= 0.6 is 46.4 Å². The van der Waals surface area contributed by atoms with E-state index < -0.39 is 9.36 Å². The van der Waals surface area contributed by atoms with E-state index in [0.29, 0.717) is 0 Å². The van der Waals surface area contributed by atoms with Gasteiger partial charge >= 0.3 is 0 Å². The van der Waals surface area contributed by atoms with Gasteiger partial charge in [-0.3, -0.25) is 0 Å². The number of halogens is 4. The van der Waals surface area contributed by atoms with Gasteiger partial charge in [0.05, 0.1) is 0 Å². The van der Waals surface area contributed by atoms with E-state index >= 15 is 0 Å². The minimum absolute atomic E-state index is 1.18. The highest BCUT2D eigenvalue weighted by Crippen LogP contribution is 2.31. The Labute approximate surface area is 66.2 Å². The summed E-state index contributed by atoms with van der Waals surface area (Å²) >= 11 is 20.3. The van der Waals surface area contributed by atoms with Crippen LogP contribution in [0.3, 0.4) is 0 Å². The quantitative estimate of drug-likeness (QED) is 0.421. The predicted octanol–water partition coefficient (Wildman–Crippen LogP) is 2.41. The lowest BCUT2D eigenvalue weighted by molar-refractivity contribution is -0.267. The molecule has 0 radical (unpaired) electrons. The molecule has 0 rings (SSSR count).